The fourth-order valence-electron chi connectivity index (χ4n) is 4.17. The van der Waals surface area contributed by atoms with Gasteiger partial charge in [-0.2, -0.15) is 0 Å². The molecule has 0 spiro atoms. The maximum Gasteiger partial charge on any atom is 0.0777 e. The van der Waals surface area contributed by atoms with Gasteiger partial charge in [0.1, 0.15) is 0 Å². The van der Waals surface area contributed by atoms with Gasteiger partial charge >= 0.3 is 0 Å². The van der Waals surface area contributed by atoms with E-state index in [-0.39, 0.29) is 5.60 Å². The first-order valence-corrected chi connectivity index (χ1v) is 8.60. The largest absolute Gasteiger partial charge is 0.377 e. The summed E-state index contributed by atoms with van der Waals surface area (Å²) in [6.07, 6.45) is 9.56. The van der Waals surface area contributed by atoms with Crippen molar-refractivity contribution in [3.05, 3.63) is 0 Å². The van der Waals surface area contributed by atoms with Crippen LogP contribution in [0.3, 0.4) is 0 Å². The summed E-state index contributed by atoms with van der Waals surface area (Å²) in [5, 5.41) is 3.63. The van der Waals surface area contributed by atoms with Crippen molar-refractivity contribution in [3.8, 4) is 0 Å². The maximum atomic E-state index is 5.75. The highest BCUT2D eigenvalue weighted by Crippen LogP contribution is 2.38. The van der Waals surface area contributed by atoms with Crippen LogP contribution in [0.5, 0.6) is 0 Å². The van der Waals surface area contributed by atoms with Crippen molar-refractivity contribution in [2.45, 2.75) is 64.4 Å². The maximum absolute atomic E-state index is 5.75. The van der Waals surface area contributed by atoms with Crippen molar-refractivity contribution in [1.29, 1.82) is 0 Å². The average molecular weight is 282 g/mol. The molecule has 1 aliphatic carbocycles. The van der Waals surface area contributed by atoms with E-state index in [1.807, 2.05) is 7.11 Å². The van der Waals surface area contributed by atoms with Crippen LogP contribution in [0.2, 0.25) is 0 Å². The highest BCUT2D eigenvalue weighted by Gasteiger charge is 2.37. The van der Waals surface area contributed by atoms with Crippen LogP contribution in [0.1, 0.15) is 58.8 Å². The lowest BCUT2D eigenvalue weighted by Gasteiger charge is -2.46. The Morgan fingerprint density at radius 1 is 1.10 bits per heavy atom. The molecule has 1 aliphatic heterocycles. The predicted molar refractivity (Wildman–Crippen MR) is 85.1 cm³/mol. The van der Waals surface area contributed by atoms with Gasteiger partial charge < -0.3 is 10.1 Å². The lowest BCUT2D eigenvalue weighted by molar-refractivity contribution is -0.0619. The fourth-order valence-corrected chi connectivity index (χ4v) is 4.17. The zero-order chi connectivity index (χ0) is 14.5. The molecule has 2 rings (SSSR count). The first-order valence-electron chi connectivity index (χ1n) is 8.60. The van der Waals surface area contributed by atoms with Crippen LogP contribution in [0, 0.1) is 5.41 Å². The quantitative estimate of drug-likeness (QED) is 0.810. The Kier molecular flexibility index (Phi) is 5.88. The molecule has 1 N–H and O–H groups in total. The number of likely N-dealkylation sites (tertiary alicyclic amines) is 1. The second-order valence-corrected chi connectivity index (χ2v) is 7.31. The summed E-state index contributed by atoms with van der Waals surface area (Å²) in [5.74, 6) is 0. The van der Waals surface area contributed by atoms with Gasteiger partial charge in [0.2, 0.25) is 0 Å². The average Bonchev–Trinajstić information content (AvgIpc) is 2.46. The third-order valence-electron chi connectivity index (χ3n) is 5.45. The molecule has 0 bridgehead atoms. The lowest BCUT2D eigenvalue weighted by atomic mass is 9.73. The molecule has 20 heavy (non-hydrogen) atoms. The van der Waals surface area contributed by atoms with Gasteiger partial charge in [0.25, 0.3) is 0 Å². The minimum absolute atomic E-state index is 0.0757. The molecule has 1 saturated heterocycles. The van der Waals surface area contributed by atoms with Crippen LogP contribution in [0.25, 0.3) is 0 Å². The third-order valence-corrected chi connectivity index (χ3v) is 5.45. The molecule has 0 aromatic rings. The summed E-state index contributed by atoms with van der Waals surface area (Å²) >= 11 is 0. The molecule has 1 atom stereocenters. The van der Waals surface area contributed by atoms with Crippen molar-refractivity contribution < 1.29 is 4.74 Å². The molecule has 118 valence electrons. The normalized spacial score (nSPS) is 31.4. The van der Waals surface area contributed by atoms with E-state index in [1.54, 1.807) is 0 Å². The van der Waals surface area contributed by atoms with E-state index in [0.29, 0.717) is 5.41 Å². The second kappa shape index (κ2) is 7.24. The molecule has 2 aliphatic rings. The molecule has 1 saturated carbocycles. The Balaban J connectivity index is 1.96. The van der Waals surface area contributed by atoms with Gasteiger partial charge in [0.15, 0.2) is 0 Å². The first kappa shape index (κ1) is 16.3. The number of ether oxygens (including phenoxy) is 1. The van der Waals surface area contributed by atoms with Crippen molar-refractivity contribution >= 4 is 0 Å². The van der Waals surface area contributed by atoms with Gasteiger partial charge in [0, 0.05) is 26.7 Å². The molecule has 1 unspecified atom stereocenters. The van der Waals surface area contributed by atoms with Gasteiger partial charge in [-0.15, -0.1) is 0 Å². The zero-order valence-corrected chi connectivity index (χ0v) is 13.8. The summed E-state index contributed by atoms with van der Waals surface area (Å²) < 4.78 is 5.75. The van der Waals surface area contributed by atoms with Crippen molar-refractivity contribution in [2.24, 2.45) is 5.41 Å². The molecule has 0 amide bonds. The SMILES string of the molecule is CCNCC1(CN2CCCC(C)(OC)C2)CCCCC1. The highest BCUT2D eigenvalue weighted by atomic mass is 16.5. The van der Waals surface area contributed by atoms with E-state index in [4.69, 9.17) is 4.74 Å². The van der Waals surface area contributed by atoms with Crippen LogP contribution in [-0.4, -0.2) is 50.3 Å². The Morgan fingerprint density at radius 2 is 1.85 bits per heavy atom. The second-order valence-electron chi connectivity index (χ2n) is 7.31. The standard InChI is InChI=1S/C17H34N2O/c1-4-18-13-17(10-6-5-7-11-17)15-19-12-8-9-16(2,14-19)20-3/h18H,4-15H2,1-3H3. The number of nitrogens with zero attached hydrogens (tertiary/aromatic N) is 1. The van der Waals surface area contributed by atoms with Crippen LogP contribution < -0.4 is 5.32 Å². The molecule has 2 fully saturated rings. The first-order chi connectivity index (χ1) is 9.61. The van der Waals surface area contributed by atoms with Crippen LogP contribution in [-0.2, 0) is 4.74 Å². The van der Waals surface area contributed by atoms with Crippen molar-refractivity contribution in [1.82, 2.24) is 10.2 Å². The fraction of sp³-hybridized carbons (Fsp3) is 1.00. The van der Waals surface area contributed by atoms with Gasteiger partial charge in [-0.1, -0.05) is 26.2 Å². The van der Waals surface area contributed by atoms with Crippen LogP contribution in [0.4, 0.5) is 0 Å². The van der Waals surface area contributed by atoms with E-state index in [2.05, 4.69) is 24.1 Å². The number of methoxy groups -OCH3 is 1. The van der Waals surface area contributed by atoms with Crippen molar-refractivity contribution in [3.63, 3.8) is 0 Å². The molecule has 0 radical (unpaired) electrons. The van der Waals surface area contributed by atoms with E-state index in [0.717, 1.165) is 13.1 Å². The zero-order valence-electron chi connectivity index (χ0n) is 13.8. The molecule has 0 aromatic heterocycles. The Bertz CT molecular complexity index is 289. The van der Waals surface area contributed by atoms with E-state index >= 15 is 0 Å². The highest BCUT2D eigenvalue weighted by molar-refractivity contribution is 4.92. The Morgan fingerprint density at radius 3 is 2.50 bits per heavy atom. The summed E-state index contributed by atoms with van der Waals surface area (Å²) in [4.78, 5) is 2.68. The summed E-state index contributed by atoms with van der Waals surface area (Å²) in [6.45, 7) is 10.4. The van der Waals surface area contributed by atoms with Gasteiger partial charge in [0.05, 0.1) is 5.60 Å². The minimum Gasteiger partial charge on any atom is -0.377 e. The topological polar surface area (TPSA) is 24.5 Å². The number of nitrogens with one attached hydrogen (secondary N) is 1. The molecular formula is C17H34N2O. The smallest absolute Gasteiger partial charge is 0.0777 e. The number of hydrogen-bond acceptors (Lipinski definition) is 3. The van der Waals surface area contributed by atoms with Gasteiger partial charge in [-0.25, -0.2) is 0 Å². The summed E-state index contributed by atoms with van der Waals surface area (Å²) in [7, 11) is 1.87. The molecular weight excluding hydrogens is 248 g/mol. The third kappa shape index (κ3) is 4.19. The Hall–Kier alpha value is -0.120. The lowest BCUT2D eigenvalue weighted by Crippen LogP contribution is -2.53. The molecule has 1 heterocycles. The van der Waals surface area contributed by atoms with E-state index in [1.165, 1.54) is 64.6 Å². The summed E-state index contributed by atoms with van der Waals surface area (Å²) in [5.41, 5.74) is 0.590. The number of hydrogen-bond donors (Lipinski definition) is 1. The Labute approximate surface area is 125 Å². The van der Waals surface area contributed by atoms with Crippen molar-refractivity contribution in [2.75, 3.05) is 39.8 Å². The minimum atomic E-state index is 0.0757. The molecule has 3 heteroatoms. The summed E-state index contributed by atoms with van der Waals surface area (Å²) in [6, 6.07) is 0. The van der Waals surface area contributed by atoms with Gasteiger partial charge in [-0.05, 0) is 51.1 Å². The van der Waals surface area contributed by atoms with E-state index < -0.39 is 0 Å². The monoisotopic (exact) mass is 282 g/mol. The van der Waals surface area contributed by atoms with Crippen LogP contribution in [0.15, 0.2) is 0 Å². The predicted octanol–water partition coefficient (Wildman–Crippen LogP) is 3.05. The van der Waals surface area contributed by atoms with Gasteiger partial charge in [-0.3, -0.25) is 4.90 Å². The van der Waals surface area contributed by atoms with Crippen LogP contribution >= 0.6 is 0 Å². The number of piperidine rings is 1. The van der Waals surface area contributed by atoms with E-state index in [9.17, 15) is 0 Å². The molecule has 3 nitrogen and oxygen atoms in total. The molecule has 0 aromatic carbocycles. The number of rotatable bonds is 6.